The summed E-state index contributed by atoms with van der Waals surface area (Å²) >= 11 is 0. The maximum atomic E-state index is 5.11. The fourth-order valence-corrected chi connectivity index (χ4v) is 9.05. The highest BCUT2D eigenvalue weighted by atomic mass is 15.0. The molecule has 0 unspecified atom stereocenters. The van der Waals surface area contributed by atoms with Gasteiger partial charge in [-0.15, -0.1) is 0 Å². The molecule has 0 fully saturated rings. The van der Waals surface area contributed by atoms with Crippen molar-refractivity contribution in [2.45, 2.75) is 19.3 Å². The molecular weight excluding hydrogens is 703 g/mol. The summed E-state index contributed by atoms with van der Waals surface area (Å²) in [6, 6.07) is 71.9. The Bertz CT molecular complexity index is 3080. The van der Waals surface area contributed by atoms with Crippen molar-refractivity contribution in [1.29, 1.82) is 0 Å². The van der Waals surface area contributed by atoms with Crippen molar-refractivity contribution >= 4 is 21.8 Å². The number of para-hydroxylation sites is 2. The van der Waals surface area contributed by atoms with Crippen LogP contribution in [-0.2, 0) is 5.41 Å². The van der Waals surface area contributed by atoms with E-state index >= 15 is 0 Å². The van der Waals surface area contributed by atoms with Crippen LogP contribution in [-0.4, -0.2) is 14.5 Å². The Hall–Kier alpha value is -7.36. The Kier molecular flexibility index (Phi) is 7.84. The van der Waals surface area contributed by atoms with Gasteiger partial charge in [0.2, 0.25) is 0 Å². The molecule has 8 aromatic carbocycles. The third-order valence-electron chi connectivity index (χ3n) is 12.0. The van der Waals surface area contributed by atoms with Crippen molar-refractivity contribution in [2.75, 3.05) is 0 Å². The van der Waals surface area contributed by atoms with E-state index < -0.39 is 0 Å². The fraction of sp³-hybridized carbons (Fsp3) is 0.0545. The highest BCUT2D eigenvalue weighted by molar-refractivity contribution is 6.09. The lowest BCUT2D eigenvalue weighted by molar-refractivity contribution is 0.661. The molecule has 0 saturated carbocycles. The van der Waals surface area contributed by atoms with Gasteiger partial charge in [0.25, 0.3) is 0 Å². The van der Waals surface area contributed by atoms with Gasteiger partial charge in [-0.2, -0.15) is 0 Å². The molecule has 1 aliphatic rings. The van der Waals surface area contributed by atoms with Crippen LogP contribution in [0.2, 0.25) is 0 Å². The van der Waals surface area contributed by atoms with Gasteiger partial charge in [-0.05, 0) is 93.0 Å². The van der Waals surface area contributed by atoms with E-state index in [1.165, 1.54) is 66.4 Å². The van der Waals surface area contributed by atoms with Gasteiger partial charge >= 0.3 is 0 Å². The SMILES string of the molecule is CC1(C)c2cc(-c3cccc(-c4cc(-c5ccccc5)nc(-c5ccccc5)n4)c3)ccc2-c2ccc(-c3cccc(-n4c5ccccc5c5ccccc54)c3)cc21. The Morgan fingerprint density at radius 3 is 1.45 bits per heavy atom. The van der Waals surface area contributed by atoms with Gasteiger partial charge in [-0.1, -0.05) is 166 Å². The predicted molar refractivity (Wildman–Crippen MR) is 241 cm³/mol. The van der Waals surface area contributed by atoms with Crippen LogP contribution in [0.5, 0.6) is 0 Å². The zero-order valence-corrected chi connectivity index (χ0v) is 32.4. The molecule has 274 valence electrons. The van der Waals surface area contributed by atoms with E-state index in [-0.39, 0.29) is 5.41 Å². The van der Waals surface area contributed by atoms with Crippen LogP contribution in [0.15, 0.2) is 200 Å². The Morgan fingerprint density at radius 2 is 0.828 bits per heavy atom. The average molecular weight is 742 g/mol. The summed E-state index contributed by atoms with van der Waals surface area (Å²) in [6.07, 6.45) is 0. The molecule has 2 heterocycles. The van der Waals surface area contributed by atoms with Crippen molar-refractivity contribution in [1.82, 2.24) is 14.5 Å². The van der Waals surface area contributed by atoms with Gasteiger partial charge < -0.3 is 4.57 Å². The topological polar surface area (TPSA) is 30.7 Å². The maximum Gasteiger partial charge on any atom is 0.160 e. The number of nitrogens with zero attached hydrogens (tertiary/aromatic N) is 3. The Labute approximate surface area is 338 Å². The molecule has 0 bridgehead atoms. The molecule has 10 aromatic rings. The van der Waals surface area contributed by atoms with Crippen molar-refractivity contribution in [3.05, 3.63) is 211 Å². The zero-order chi connectivity index (χ0) is 38.8. The van der Waals surface area contributed by atoms with E-state index in [1.807, 2.05) is 24.3 Å². The number of fused-ring (bicyclic) bond motifs is 6. The van der Waals surface area contributed by atoms with Crippen LogP contribution >= 0.6 is 0 Å². The van der Waals surface area contributed by atoms with E-state index in [4.69, 9.17) is 9.97 Å². The molecule has 1 aliphatic carbocycles. The summed E-state index contributed by atoms with van der Waals surface area (Å²) in [7, 11) is 0. The molecule has 0 amide bonds. The van der Waals surface area contributed by atoms with Crippen molar-refractivity contribution in [2.24, 2.45) is 0 Å². The minimum absolute atomic E-state index is 0.180. The van der Waals surface area contributed by atoms with Crippen LogP contribution in [0.1, 0.15) is 25.0 Å². The smallest absolute Gasteiger partial charge is 0.160 e. The molecule has 0 radical (unpaired) electrons. The van der Waals surface area contributed by atoms with Crippen LogP contribution in [0.4, 0.5) is 0 Å². The summed E-state index contributed by atoms with van der Waals surface area (Å²) in [4.78, 5) is 10.1. The normalized spacial score (nSPS) is 12.8. The first-order valence-electron chi connectivity index (χ1n) is 20.0. The van der Waals surface area contributed by atoms with Gasteiger partial charge in [0, 0.05) is 38.6 Å². The summed E-state index contributed by atoms with van der Waals surface area (Å²) in [6.45, 7) is 4.74. The third-order valence-corrected chi connectivity index (χ3v) is 12.0. The lowest BCUT2D eigenvalue weighted by Gasteiger charge is -2.23. The maximum absolute atomic E-state index is 5.11. The first-order valence-corrected chi connectivity index (χ1v) is 20.0. The van der Waals surface area contributed by atoms with Gasteiger partial charge in [0.15, 0.2) is 5.82 Å². The monoisotopic (exact) mass is 741 g/mol. The zero-order valence-electron chi connectivity index (χ0n) is 32.4. The largest absolute Gasteiger partial charge is 0.309 e. The van der Waals surface area contributed by atoms with E-state index in [9.17, 15) is 0 Å². The first-order chi connectivity index (χ1) is 28.5. The molecule has 0 atom stereocenters. The summed E-state index contributed by atoms with van der Waals surface area (Å²) < 4.78 is 2.40. The Morgan fingerprint density at radius 1 is 0.362 bits per heavy atom. The van der Waals surface area contributed by atoms with Gasteiger partial charge in [-0.3, -0.25) is 0 Å². The fourth-order valence-electron chi connectivity index (χ4n) is 9.05. The van der Waals surface area contributed by atoms with E-state index in [0.717, 1.165) is 39.5 Å². The standard InChI is InChI=1S/C55H39N3/c1-55(2)48-33-40(38-19-13-21-42(31-38)51-35-50(36-15-5-3-6-16-36)56-54(57-51)37-17-7-4-8-18-37)27-29-44(48)45-30-28-41(34-49(45)55)39-20-14-22-43(32-39)58-52-25-11-9-23-46(52)47-24-10-12-26-53(47)58/h3-35H,1-2H3. The van der Waals surface area contributed by atoms with Crippen LogP contribution in [0.3, 0.4) is 0 Å². The molecule has 3 nitrogen and oxygen atoms in total. The van der Waals surface area contributed by atoms with Gasteiger partial charge in [-0.25, -0.2) is 9.97 Å². The molecule has 58 heavy (non-hydrogen) atoms. The van der Waals surface area contributed by atoms with E-state index in [1.54, 1.807) is 0 Å². The van der Waals surface area contributed by atoms with Gasteiger partial charge in [0.05, 0.1) is 22.4 Å². The molecule has 11 rings (SSSR count). The second-order valence-electron chi connectivity index (χ2n) is 15.8. The predicted octanol–water partition coefficient (Wildman–Crippen LogP) is 14.2. The minimum Gasteiger partial charge on any atom is -0.309 e. The Balaban J connectivity index is 0.949. The summed E-state index contributed by atoms with van der Waals surface area (Å²) in [5, 5.41) is 2.55. The average Bonchev–Trinajstić information content (AvgIpc) is 3.74. The number of hydrogen-bond acceptors (Lipinski definition) is 2. The van der Waals surface area contributed by atoms with Crippen molar-refractivity contribution in [3.63, 3.8) is 0 Å². The highest BCUT2D eigenvalue weighted by Crippen LogP contribution is 2.51. The quantitative estimate of drug-likeness (QED) is 0.170. The van der Waals surface area contributed by atoms with Crippen LogP contribution in [0.25, 0.3) is 94.8 Å². The number of aromatic nitrogens is 3. The van der Waals surface area contributed by atoms with Crippen LogP contribution < -0.4 is 0 Å². The number of hydrogen-bond donors (Lipinski definition) is 0. The molecule has 3 heteroatoms. The highest BCUT2D eigenvalue weighted by Gasteiger charge is 2.36. The first kappa shape index (κ1) is 33.9. The number of benzene rings is 8. The van der Waals surface area contributed by atoms with Crippen molar-refractivity contribution in [3.8, 4) is 73.0 Å². The van der Waals surface area contributed by atoms with Crippen molar-refractivity contribution < 1.29 is 0 Å². The minimum atomic E-state index is -0.180. The second-order valence-corrected chi connectivity index (χ2v) is 15.8. The molecular formula is C55H39N3. The second kappa shape index (κ2) is 13.4. The lowest BCUT2D eigenvalue weighted by Crippen LogP contribution is -2.15. The molecule has 0 saturated heterocycles. The molecule has 2 aromatic heterocycles. The molecule has 0 aliphatic heterocycles. The molecule has 0 N–H and O–H groups in total. The summed E-state index contributed by atoms with van der Waals surface area (Å²) in [5.74, 6) is 0.720. The van der Waals surface area contributed by atoms with E-state index in [2.05, 4.69) is 194 Å². The van der Waals surface area contributed by atoms with Gasteiger partial charge in [0.1, 0.15) is 0 Å². The van der Waals surface area contributed by atoms with Crippen LogP contribution in [0, 0.1) is 0 Å². The number of rotatable bonds is 6. The lowest BCUT2D eigenvalue weighted by atomic mass is 9.80. The summed E-state index contributed by atoms with van der Waals surface area (Å²) in [5.41, 5.74) is 18.5. The third kappa shape index (κ3) is 5.58. The molecule has 0 spiro atoms. The van der Waals surface area contributed by atoms with E-state index in [0.29, 0.717) is 0 Å².